The zero-order valence-corrected chi connectivity index (χ0v) is 23.8. The van der Waals surface area contributed by atoms with Crippen molar-refractivity contribution < 1.29 is 18.6 Å². The first-order chi connectivity index (χ1) is 19.8. The summed E-state index contributed by atoms with van der Waals surface area (Å²) in [4.78, 5) is 9.25. The summed E-state index contributed by atoms with van der Waals surface area (Å²) < 4.78 is 35.1. The predicted octanol–water partition coefficient (Wildman–Crippen LogP) is 5.85. The van der Waals surface area contributed by atoms with E-state index < -0.39 is 5.92 Å². The molecule has 1 fully saturated rings. The molecule has 41 heavy (non-hydrogen) atoms. The minimum absolute atomic E-state index is 0.0395. The number of rotatable bonds is 12. The average Bonchev–Trinajstić information content (AvgIpc) is 3.26. The van der Waals surface area contributed by atoms with Gasteiger partial charge in [0, 0.05) is 49.0 Å². The van der Waals surface area contributed by atoms with Gasteiger partial charge in [0.15, 0.2) is 5.82 Å². The molecule has 8 nitrogen and oxygen atoms in total. The van der Waals surface area contributed by atoms with Gasteiger partial charge in [-0.3, -0.25) is 0 Å². The number of benzene rings is 2. The fourth-order valence-corrected chi connectivity index (χ4v) is 5.94. The molecule has 1 atom stereocenters. The van der Waals surface area contributed by atoms with Crippen LogP contribution in [-0.2, 0) is 13.1 Å². The van der Waals surface area contributed by atoms with E-state index in [0.29, 0.717) is 38.2 Å². The molecule has 5 N–H and O–H groups in total. The number of halogens is 2. The zero-order chi connectivity index (χ0) is 29.0. The van der Waals surface area contributed by atoms with Crippen LogP contribution < -0.4 is 21.1 Å². The van der Waals surface area contributed by atoms with Crippen molar-refractivity contribution in [3.63, 3.8) is 0 Å². The molecular formula is C31H40F2N6O2. The summed E-state index contributed by atoms with van der Waals surface area (Å²) in [6.07, 6.45) is 3.27. The number of aromatic nitrogens is 3. The fourth-order valence-electron chi connectivity index (χ4n) is 5.94. The predicted molar refractivity (Wildman–Crippen MR) is 160 cm³/mol. The number of ether oxygens (including phenoxy) is 1. The Morgan fingerprint density at radius 2 is 1.93 bits per heavy atom. The molecule has 0 radical (unpaired) electrons. The van der Waals surface area contributed by atoms with E-state index in [1.807, 2.05) is 30.3 Å². The van der Waals surface area contributed by atoms with E-state index in [-0.39, 0.29) is 37.5 Å². The molecule has 1 aliphatic carbocycles. The highest BCUT2D eigenvalue weighted by Crippen LogP contribution is 2.35. The van der Waals surface area contributed by atoms with Crippen LogP contribution in [0.5, 0.6) is 5.75 Å². The molecule has 0 spiro atoms. The van der Waals surface area contributed by atoms with Gasteiger partial charge in [0.05, 0.1) is 19.2 Å². The molecule has 0 unspecified atom stereocenters. The van der Waals surface area contributed by atoms with E-state index in [0.717, 1.165) is 51.7 Å². The SMILES string of the molecule is CCC[C@@H](CCO)Nc1nc(N)nc2c3ccccc3n(Cc3cc(CNC4CCC(F)(F)CC4)ccc3OC)c12. The number of para-hydroxylation sites is 1. The van der Waals surface area contributed by atoms with E-state index in [9.17, 15) is 13.9 Å². The van der Waals surface area contributed by atoms with Crippen molar-refractivity contribution in [1.29, 1.82) is 0 Å². The van der Waals surface area contributed by atoms with Gasteiger partial charge in [-0.05, 0) is 49.4 Å². The molecule has 0 bridgehead atoms. The maximum atomic E-state index is 13.6. The van der Waals surface area contributed by atoms with Crippen molar-refractivity contribution in [3.05, 3.63) is 53.6 Å². The van der Waals surface area contributed by atoms with Crippen LogP contribution in [-0.4, -0.2) is 51.4 Å². The summed E-state index contributed by atoms with van der Waals surface area (Å²) in [5.41, 5.74) is 10.8. The average molecular weight is 567 g/mol. The Bertz CT molecular complexity index is 1470. The number of methoxy groups -OCH3 is 1. The van der Waals surface area contributed by atoms with Crippen molar-refractivity contribution in [2.75, 3.05) is 24.8 Å². The minimum atomic E-state index is -2.54. The number of nitrogen functional groups attached to an aromatic ring is 1. The van der Waals surface area contributed by atoms with Gasteiger partial charge in [0.1, 0.15) is 16.8 Å². The molecule has 0 aliphatic heterocycles. The van der Waals surface area contributed by atoms with Crippen LogP contribution in [0.3, 0.4) is 0 Å². The summed E-state index contributed by atoms with van der Waals surface area (Å²) in [7, 11) is 1.66. The van der Waals surface area contributed by atoms with E-state index >= 15 is 0 Å². The summed E-state index contributed by atoms with van der Waals surface area (Å²) in [6.45, 7) is 3.28. The Kier molecular flexibility index (Phi) is 8.89. The molecule has 5 rings (SSSR count). The summed E-state index contributed by atoms with van der Waals surface area (Å²) in [5, 5.41) is 17.6. The number of aliphatic hydroxyl groups excluding tert-OH is 1. The van der Waals surface area contributed by atoms with Gasteiger partial charge in [-0.1, -0.05) is 37.6 Å². The second kappa shape index (κ2) is 12.6. The Morgan fingerprint density at radius 3 is 2.66 bits per heavy atom. The molecule has 220 valence electrons. The maximum absolute atomic E-state index is 13.6. The third kappa shape index (κ3) is 6.54. The summed E-state index contributed by atoms with van der Waals surface area (Å²) in [6, 6.07) is 14.3. The van der Waals surface area contributed by atoms with Crippen LogP contribution in [0.1, 0.15) is 63.0 Å². The molecule has 0 amide bonds. The number of alkyl halides is 2. The third-order valence-corrected chi connectivity index (χ3v) is 8.06. The van der Waals surface area contributed by atoms with Gasteiger partial charge >= 0.3 is 0 Å². The number of hydrogen-bond acceptors (Lipinski definition) is 7. The van der Waals surface area contributed by atoms with Gasteiger partial charge in [0.25, 0.3) is 0 Å². The number of anilines is 2. The lowest BCUT2D eigenvalue weighted by atomic mass is 9.92. The summed E-state index contributed by atoms with van der Waals surface area (Å²) >= 11 is 0. The minimum Gasteiger partial charge on any atom is -0.496 e. The Balaban J connectivity index is 1.51. The molecular weight excluding hydrogens is 526 g/mol. The van der Waals surface area contributed by atoms with Crippen LogP contribution in [0.4, 0.5) is 20.5 Å². The Morgan fingerprint density at radius 1 is 1.15 bits per heavy atom. The lowest BCUT2D eigenvalue weighted by Crippen LogP contribution is -2.36. The molecule has 2 heterocycles. The van der Waals surface area contributed by atoms with Crippen LogP contribution >= 0.6 is 0 Å². The number of hydrogen-bond donors (Lipinski definition) is 4. The van der Waals surface area contributed by atoms with Crippen molar-refractivity contribution in [1.82, 2.24) is 19.9 Å². The highest BCUT2D eigenvalue weighted by molar-refractivity contribution is 6.09. The molecule has 2 aromatic heterocycles. The summed E-state index contributed by atoms with van der Waals surface area (Å²) in [5.74, 6) is -0.952. The van der Waals surface area contributed by atoms with Gasteiger partial charge in [-0.2, -0.15) is 4.98 Å². The zero-order valence-electron chi connectivity index (χ0n) is 23.8. The fraction of sp³-hybridized carbons (Fsp3) is 0.484. The van der Waals surface area contributed by atoms with Crippen LogP contribution in [0, 0.1) is 0 Å². The number of nitrogens with zero attached hydrogens (tertiary/aromatic N) is 3. The highest BCUT2D eigenvalue weighted by atomic mass is 19.3. The van der Waals surface area contributed by atoms with Crippen molar-refractivity contribution in [2.24, 2.45) is 0 Å². The number of aliphatic hydroxyl groups is 1. The van der Waals surface area contributed by atoms with Crippen molar-refractivity contribution in [3.8, 4) is 5.75 Å². The quantitative estimate of drug-likeness (QED) is 0.170. The maximum Gasteiger partial charge on any atom is 0.248 e. The number of nitrogens with two attached hydrogens (primary N) is 1. The Hall–Kier alpha value is -3.50. The van der Waals surface area contributed by atoms with Gasteiger partial charge in [-0.15, -0.1) is 0 Å². The standard InChI is InChI=1S/C31H40F2N6O2/c1-3-6-23(13-16-40)36-29-28-27(37-30(34)38-29)24-7-4-5-8-25(24)39(28)19-21-17-20(9-10-26(21)41-2)18-35-22-11-14-31(32,33)15-12-22/h4-5,7-10,17,22-23,35,40H,3,6,11-16,18-19H2,1-2H3,(H3,34,36,37,38)/t23-/m0/s1. The first-order valence-corrected chi connectivity index (χ1v) is 14.5. The van der Waals surface area contributed by atoms with Gasteiger partial charge in [-0.25, -0.2) is 13.8 Å². The van der Waals surface area contributed by atoms with Gasteiger partial charge < -0.3 is 30.8 Å². The first-order valence-electron chi connectivity index (χ1n) is 14.5. The largest absolute Gasteiger partial charge is 0.496 e. The lowest BCUT2D eigenvalue weighted by Gasteiger charge is -2.29. The molecule has 4 aromatic rings. The van der Waals surface area contributed by atoms with Crippen LogP contribution in [0.25, 0.3) is 21.9 Å². The molecule has 2 aromatic carbocycles. The highest BCUT2D eigenvalue weighted by Gasteiger charge is 2.34. The third-order valence-electron chi connectivity index (χ3n) is 8.06. The van der Waals surface area contributed by atoms with Crippen molar-refractivity contribution in [2.45, 2.75) is 83.0 Å². The van der Waals surface area contributed by atoms with Crippen molar-refractivity contribution >= 4 is 33.7 Å². The second-order valence-corrected chi connectivity index (χ2v) is 11.0. The Labute approximate surface area is 239 Å². The number of nitrogens with one attached hydrogen (secondary N) is 2. The normalized spacial score (nSPS) is 16.3. The van der Waals surface area contributed by atoms with Gasteiger partial charge in [0.2, 0.25) is 11.9 Å². The van der Waals surface area contributed by atoms with E-state index in [2.05, 4.69) is 44.2 Å². The first kappa shape index (κ1) is 29.0. The second-order valence-electron chi connectivity index (χ2n) is 11.0. The van der Waals surface area contributed by atoms with Crippen LogP contribution in [0.15, 0.2) is 42.5 Å². The van der Waals surface area contributed by atoms with E-state index in [1.165, 1.54) is 0 Å². The van der Waals surface area contributed by atoms with E-state index in [4.69, 9.17) is 10.5 Å². The smallest absolute Gasteiger partial charge is 0.248 e. The molecule has 0 saturated heterocycles. The van der Waals surface area contributed by atoms with Crippen LogP contribution in [0.2, 0.25) is 0 Å². The topological polar surface area (TPSA) is 110 Å². The molecule has 1 aliphatic rings. The molecule has 1 saturated carbocycles. The van der Waals surface area contributed by atoms with E-state index in [1.54, 1.807) is 7.11 Å². The number of fused-ring (bicyclic) bond motifs is 3. The molecule has 10 heteroatoms. The monoisotopic (exact) mass is 566 g/mol. The lowest BCUT2D eigenvalue weighted by molar-refractivity contribution is -0.0405.